The second-order valence-corrected chi connectivity index (χ2v) is 7.34. The van der Waals surface area contributed by atoms with Gasteiger partial charge in [-0.05, 0) is 23.1 Å². The molecule has 0 saturated heterocycles. The maximum absolute atomic E-state index is 13.1. The first-order valence-corrected chi connectivity index (χ1v) is 9.35. The molecule has 27 heavy (non-hydrogen) atoms. The highest BCUT2D eigenvalue weighted by Crippen LogP contribution is 2.26. The van der Waals surface area contributed by atoms with Crippen molar-refractivity contribution in [2.45, 2.75) is 38.9 Å². The van der Waals surface area contributed by atoms with E-state index in [-0.39, 0.29) is 30.4 Å². The van der Waals surface area contributed by atoms with Gasteiger partial charge in [-0.15, -0.1) is 0 Å². The molecule has 1 unspecified atom stereocenters. The maximum atomic E-state index is 13.1. The van der Waals surface area contributed by atoms with Crippen LogP contribution >= 0.6 is 0 Å². The molecule has 0 radical (unpaired) electrons. The van der Waals surface area contributed by atoms with Gasteiger partial charge < -0.3 is 15.3 Å². The van der Waals surface area contributed by atoms with E-state index in [9.17, 15) is 14.7 Å². The molecule has 2 amide bonds. The Morgan fingerprint density at radius 2 is 1.78 bits per heavy atom. The number of amides is 2. The number of hydrogen-bond acceptors (Lipinski definition) is 3. The lowest BCUT2D eigenvalue weighted by Crippen LogP contribution is -2.52. The van der Waals surface area contributed by atoms with Gasteiger partial charge >= 0.3 is 0 Å². The molecule has 0 aromatic heterocycles. The van der Waals surface area contributed by atoms with Gasteiger partial charge in [0.1, 0.15) is 6.04 Å². The van der Waals surface area contributed by atoms with E-state index in [2.05, 4.69) is 5.32 Å². The number of aliphatic hydroxyl groups excluding tert-OH is 1. The monoisotopic (exact) mass is 366 g/mol. The Hall–Kier alpha value is -2.66. The van der Waals surface area contributed by atoms with Crippen LogP contribution in [0.4, 0.5) is 0 Å². The zero-order chi connectivity index (χ0) is 19.4. The van der Waals surface area contributed by atoms with Crippen LogP contribution < -0.4 is 5.32 Å². The van der Waals surface area contributed by atoms with Crippen LogP contribution in [-0.2, 0) is 17.8 Å². The summed E-state index contributed by atoms with van der Waals surface area (Å²) in [6.07, 6.45) is 0.433. The molecule has 1 aliphatic heterocycles. The molecule has 2 atom stereocenters. The van der Waals surface area contributed by atoms with Crippen LogP contribution in [-0.4, -0.2) is 40.5 Å². The molecule has 1 aliphatic rings. The number of nitrogens with one attached hydrogen (secondary N) is 1. The molecule has 2 aromatic carbocycles. The van der Waals surface area contributed by atoms with Gasteiger partial charge in [-0.2, -0.15) is 0 Å². The summed E-state index contributed by atoms with van der Waals surface area (Å²) in [5.41, 5.74) is 2.59. The van der Waals surface area contributed by atoms with Gasteiger partial charge in [0.25, 0.3) is 5.91 Å². The third-order valence-corrected chi connectivity index (χ3v) is 5.13. The van der Waals surface area contributed by atoms with E-state index in [1.54, 1.807) is 11.0 Å². The molecule has 0 bridgehead atoms. The molecule has 0 fully saturated rings. The van der Waals surface area contributed by atoms with Crippen molar-refractivity contribution in [1.29, 1.82) is 0 Å². The maximum Gasteiger partial charge on any atom is 0.255 e. The number of nitrogens with zero attached hydrogens (tertiary/aromatic N) is 1. The molecule has 142 valence electrons. The number of rotatable bonds is 7. The minimum Gasteiger partial charge on any atom is -0.394 e. The second kappa shape index (κ2) is 8.35. The molecule has 0 aliphatic carbocycles. The van der Waals surface area contributed by atoms with E-state index in [0.717, 1.165) is 11.1 Å². The normalized spacial score (nSPS) is 15.6. The minimum atomic E-state index is -0.625. The summed E-state index contributed by atoms with van der Waals surface area (Å²) >= 11 is 0. The average molecular weight is 366 g/mol. The highest BCUT2D eigenvalue weighted by Gasteiger charge is 2.37. The zero-order valence-corrected chi connectivity index (χ0v) is 15.8. The molecular weight excluding hydrogens is 340 g/mol. The number of benzene rings is 2. The van der Waals surface area contributed by atoms with Crippen molar-refractivity contribution >= 4 is 11.8 Å². The van der Waals surface area contributed by atoms with E-state index in [1.807, 2.05) is 62.4 Å². The first-order chi connectivity index (χ1) is 13.0. The van der Waals surface area contributed by atoms with Crippen molar-refractivity contribution < 1.29 is 14.7 Å². The Balaban J connectivity index is 1.86. The van der Waals surface area contributed by atoms with E-state index in [4.69, 9.17) is 0 Å². The predicted molar refractivity (Wildman–Crippen MR) is 104 cm³/mol. The van der Waals surface area contributed by atoms with Crippen molar-refractivity contribution in [3.8, 4) is 0 Å². The van der Waals surface area contributed by atoms with Crippen LogP contribution in [0, 0.1) is 5.92 Å². The Kier molecular flexibility index (Phi) is 5.91. The van der Waals surface area contributed by atoms with Crippen LogP contribution in [0.3, 0.4) is 0 Å². The lowest BCUT2D eigenvalue weighted by Gasteiger charge is -2.30. The average Bonchev–Trinajstić information content (AvgIpc) is 3.01. The lowest BCUT2D eigenvalue weighted by molar-refractivity contribution is -0.127. The topological polar surface area (TPSA) is 69.6 Å². The molecule has 3 rings (SSSR count). The summed E-state index contributed by atoms with van der Waals surface area (Å²) in [6, 6.07) is 16.2. The fraction of sp³-hybridized carbons (Fsp3) is 0.364. The Morgan fingerprint density at radius 3 is 2.41 bits per heavy atom. The molecule has 2 aromatic rings. The summed E-state index contributed by atoms with van der Waals surface area (Å²) in [5, 5.41) is 12.5. The van der Waals surface area contributed by atoms with Gasteiger partial charge in [0.15, 0.2) is 0 Å². The van der Waals surface area contributed by atoms with Gasteiger partial charge in [0.2, 0.25) is 5.91 Å². The number of aliphatic hydroxyl groups is 1. The number of fused-ring (bicyclic) bond motifs is 1. The quantitative estimate of drug-likeness (QED) is 0.790. The number of hydrogen-bond donors (Lipinski definition) is 2. The summed E-state index contributed by atoms with van der Waals surface area (Å²) in [6.45, 7) is 4.19. The Morgan fingerprint density at radius 1 is 1.11 bits per heavy atom. The first kappa shape index (κ1) is 19.1. The van der Waals surface area contributed by atoms with Crippen LogP contribution in [0.15, 0.2) is 54.6 Å². The summed E-state index contributed by atoms with van der Waals surface area (Å²) in [7, 11) is 0. The Bertz CT molecular complexity index is 804. The number of carbonyl (C=O) groups is 2. The summed E-state index contributed by atoms with van der Waals surface area (Å²) in [4.78, 5) is 27.6. The van der Waals surface area contributed by atoms with E-state index >= 15 is 0 Å². The van der Waals surface area contributed by atoms with Gasteiger partial charge in [-0.1, -0.05) is 62.4 Å². The number of carbonyl (C=O) groups excluding carboxylic acids is 2. The first-order valence-electron chi connectivity index (χ1n) is 9.35. The van der Waals surface area contributed by atoms with Crippen molar-refractivity contribution in [3.05, 3.63) is 71.3 Å². The van der Waals surface area contributed by atoms with E-state index < -0.39 is 6.04 Å². The van der Waals surface area contributed by atoms with E-state index in [0.29, 0.717) is 18.5 Å². The largest absolute Gasteiger partial charge is 0.394 e. The van der Waals surface area contributed by atoms with Crippen LogP contribution in [0.2, 0.25) is 0 Å². The van der Waals surface area contributed by atoms with Gasteiger partial charge in [0.05, 0.1) is 12.6 Å². The van der Waals surface area contributed by atoms with Gasteiger partial charge in [-0.3, -0.25) is 9.59 Å². The van der Waals surface area contributed by atoms with Crippen molar-refractivity contribution in [2.75, 3.05) is 6.61 Å². The van der Waals surface area contributed by atoms with Crippen LogP contribution in [0.1, 0.15) is 35.3 Å². The van der Waals surface area contributed by atoms with Gasteiger partial charge in [0, 0.05) is 18.5 Å². The van der Waals surface area contributed by atoms with Crippen LogP contribution in [0.5, 0.6) is 0 Å². The molecule has 5 heteroatoms. The molecule has 0 spiro atoms. The third kappa shape index (κ3) is 4.19. The standard InChI is InChI=1S/C22H26N2O3/c1-15(2)19(14-25)23-21(26)20(12-16-8-4-3-5-9-16)24-13-17-10-6-7-11-18(17)22(24)27/h3-11,15,19-20,25H,12-14H2,1-2H3,(H,23,26)/t19-,20?/m1/s1. The SMILES string of the molecule is CC(C)[C@@H](CO)NC(=O)C(Cc1ccccc1)N1Cc2ccccc2C1=O. The van der Waals surface area contributed by atoms with Crippen LogP contribution in [0.25, 0.3) is 0 Å². The molecule has 1 heterocycles. The fourth-order valence-electron chi connectivity index (χ4n) is 3.41. The highest BCUT2D eigenvalue weighted by molar-refractivity contribution is 6.01. The molecular formula is C22H26N2O3. The lowest BCUT2D eigenvalue weighted by atomic mass is 10.0. The smallest absolute Gasteiger partial charge is 0.255 e. The summed E-state index contributed by atoms with van der Waals surface area (Å²) < 4.78 is 0. The predicted octanol–water partition coefficient (Wildman–Crippen LogP) is 2.39. The molecule has 0 saturated carbocycles. The fourth-order valence-corrected chi connectivity index (χ4v) is 3.41. The third-order valence-electron chi connectivity index (χ3n) is 5.13. The highest BCUT2D eigenvalue weighted by atomic mass is 16.3. The summed E-state index contributed by atoms with van der Waals surface area (Å²) in [5.74, 6) is -0.248. The second-order valence-electron chi connectivity index (χ2n) is 7.34. The minimum absolute atomic E-state index is 0.0998. The van der Waals surface area contributed by atoms with E-state index in [1.165, 1.54) is 0 Å². The van der Waals surface area contributed by atoms with Crippen molar-refractivity contribution in [3.63, 3.8) is 0 Å². The molecule has 2 N–H and O–H groups in total. The van der Waals surface area contributed by atoms with Crippen molar-refractivity contribution in [1.82, 2.24) is 10.2 Å². The van der Waals surface area contributed by atoms with Crippen molar-refractivity contribution in [2.24, 2.45) is 5.92 Å². The zero-order valence-electron chi connectivity index (χ0n) is 15.8. The molecule has 5 nitrogen and oxygen atoms in total. The van der Waals surface area contributed by atoms with Gasteiger partial charge in [-0.25, -0.2) is 0 Å². The Labute approximate surface area is 160 Å².